The van der Waals surface area contributed by atoms with Crippen molar-refractivity contribution < 1.29 is 27.5 Å². The highest BCUT2D eigenvalue weighted by Crippen LogP contribution is 2.39. The van der Waals surface area contributed by atoms with Crippen LogP contribution in [-0.4, -0.2) is 39.2 Å². The molecule has 0 saturated heterocycles. The maximum Gasteiger partial charge on any atom is 0.413 e. The van der Waals surface area contributed by atoms with E-state index in [1.165, 1.54) is 35.6 Å². The van der Waals surface area contributed by atoms with Crippen molar-refractivity contribution in [2.45, 2.75) is 31.1 Å². The van der Waals surface area contributed by atoms with E-state index in [2.05, 4.69) is 15.4 Å². The summed E-state index contributed by atoms with van der Waals surface area (Å²) in [6, 6.07) is 5.61. The predicted molar refractivity (Wildman–Crippen MR) is 108 cm³/mol. The topological polar surface area (TPSA) is 119 Å². The summed E-state index contributed by atoms with van der Waals surface area (Å²) in [4.78, 5) is 37.8. The van der Waals surface area contributed by atoms with Gasteiger partial charge in [-0.15, -0.1) is 11.3 Å². The maximum atomic E-state index is 12.6. The Morgan fingerprint density at radius 1 is 1.10 bits per heavy atom. The minimum Gasteiger partial charge on any atom is -0.453 e. The number of nitrogens with one attached hydrogen (secondary N) is 2. The molecular weight excluding hydrogens is 416 g/mol. The van der Waals surface area contributed by atoms with Gasteiger partial charge in [0, 0.05) is 10.4 Å². The van der Waals surface area contributed by atoms with E-state index in [9.17, 15) is 22.8 Å². The van der Waals surface area contributed by atoms with Gasteiger partial charge in [-0.2, -0.15) is 0 Å². The lowest BCUT2D eigenvalue weighted by Gasteiger charge is -2.09. The summed E-state index contributed by atoms with van der Waals surface area (Å²) < 4.78 is 28.3. The number of amides is 3. The third kappa shape index (κ3) is 4.33. The molecule has 1 aromatic heterocycles. The number of benzene rings is 1. The van der Waals surface area contributed by atoms with Crippen molar-refractivity contribution in [1.82, 2.24) is 5.32 Å². The number of fused-ring (bicyclic) bond motifs is 1. The molecule has 10 heteroatoms. The Kier molecular flexibility index (Phi) is 6.04. The SMILES string of the molecule is CCS(=O)(=O)c1ccc(C(=O)Nc2sc3c(c2C(=O)NC(=O)OC)CCC3)cc1. The van der Waals surface area contributed by atoms with Crippen molar-refractivity contribution in [3.05, 3.63) is 45.8 Å². The molecule has 1 heterocycles. The van der Waals surface area contributed by atoms with E-state index in [-0.39, 0.29) is 21.8 Å². The summed E-state index contributed by atoms with van der Waals surface area (Å²) in [5.74, 6) is -1.13. The fourth-order valence-corrected chi connectivity index (χ4v) is 5.26. The molecule has 0 bridgehead atoms. The lowest BCUT2D eigenvalue weighted by atomic mass is 10.1. The van der Waals surface area contributed by atoms with E-state index in [1.54, 1.807) is 6.92 Å². The van der Waals surface area contributed by atoms with Crippen LogP contribution in [0.4, 0.5) is 9.80 Å². The second-order valence-electron chi connectivity index (χ2n) is 6.39. The Hall–Kier alpha value is -2.72. The molecule has 29 heavy (non-hydrogen) atoms. The smallest absolute Gasteiger partial charge is 0.413 e. The molecule has 1 aliphatic rings. The number of methoxy groups -OCH3 is 1. The number of anilines is 1. The van der Waals surface area contributed by atoms with Crippen LogP contribution in [0.5, 0.6) is 0 Å². The Bertz CT molecular complexity index is 1070. The number of aryl methyl sites for hydroxylation is 1. The van der Waals surface area contributed by atoms with Gasteiger partial charge in [0.15, 0.2) is 9.84 Å². The van der Waals surface area contributed by atoms with Crippen molar-refractivity contribution >= 4 is 44.1 Å². The number of alkyl carbamates (subject to hydrolysis) is 1. The number of hydrogen-bond acceptors (Lipinski definition) is 7. The molecule has 3 amide bonds. The van der Waals surface area contributed by atoms with E-state index in [0.717, 1.165) is 30.4 Å². The van der Waals surface area contributed by atoms with Crippen LogP contribution in [0.2, 0.25) is 0 Å². The molecule has 0 unspecified atom stereocenters. The van der Waals surface area contributed by atoms with E-state index in [0.29, 0.717) is 11.4 Å². The van der Waals surface area contributed by atoms with E-state index in [1.807, 2.05) is 0 Å². The number of sulfone groups is 1. The highest BCUT2D eigenvalue weighted by Gasteiger charge is 2.28. The van der Waals surface area contributed by atoms with Crippen LogP contribution in [0.3, 0.4) is 0 Å². The Balaban J connectivity index is 1.86. The van der Waals surface area contributed by atoms with Gasteiger partial charge in [0.2, 0.25) is 0 Å². The molecule has 154 valence electrons. The fraction of sp³-hybridized carbons (Fsp3) is 0.316. The summed E-state index contributed by atoms with van der Waals surface area (Å²) in [5, 5.41) is 5.21. The minimum atomic E-state index is -3.36. The summed E-state index contributed by atoms with van der Waals surface area (Å²) in [6.07, 6.45) is 1.52. The zero-order valence-corrected chi connectivity index (χ0v) is 17.5. The van der Waals surface area contributed by atoms with Crippen LogP contribution in [-0.2, 0) is 27.4 Å². The molecule has 1 aromatic carbocycles. The number of imide groups is 1. The summed E-state index contributed by atoms with van der Waals surface area (Å²) in [7, 11) is -2.20. The highest BCUT2D eigenvalue weighted by molar-refractivity contribution is 7.91. The monoisotopic (exact) mass is 436 g/mol. The molecule has 0 radical (unpaired) electrons. The first kappa shape index (κ1) is 21.0. The normalized spacial score (nSPS) is 12.9. The van der Waals surface area contributed by atoms with Crippen LogP contribution in [0, 0.1) is 0 Å². The van der Waals surface area contributed by atoms with Gasteiger partial charge in [0.05, 0.1) is 23.3 Å². The number of carbonyl (C=O) groups is 3. The molecule has 0 atom stereocenters. The number of hydrogen-bond donors (Lipinski definition) is 2. The minimum absolute atomic E-state index is 0.0298. The van der Waals surface area contributed by atoms with Crippen molar-refractivity contribution in [3.8, 4) is 0 Å². The number of ether oxygens (including phenoxy) is 1. The fourth-order valence-electron chi connectivity index (χ4n) is 3.09. The summed E-state index contributed by atoms with van der Waals surface area (Å²) >= 11 is 1.30. The van der Waals surface area contributed by atoms with Gasteiger partial charge in [-0.1, -0.05) is 6.92 Å². The van der Waals surface area contributed by atoms with Crippen molar-refractivity contribution in [1.29, 1.82) is 0 Å². The van der Waals surface area contributed by atoms with Gasteiger partial charge in [0.25, 0.3) is 11.8 Å². The van der Waals surface area contributed by atoms with Gasteiger partial charge < -0.3 is 10.1 Å². The molecule has 1 aliphatic carbocycles. The first-order chi connectivity index (χ1) is 13.8. The van der Waals surface area contributed by atoms with Crippen LogP contribution < -0.4 is 10.6 Å². The van der Waals surface area contributed by atoms with Gasteiger partial charge in [-0.05, 0) is 49.1 Å². The Morgan fingerprint density at radius 2 is 1.79 bits per heavy atom. The third-order valence-corrected chi connectivity index (χ3v) is 7.59. The maximum absolute atomic E-state index is 12.6. The highest BCUT2D eigenvalue weighted by atomic mass is 32.2. The number of carbonyl (C=O) groups excluding carboxylic acids is 3. The average molecular weight is 437 g/mol. The van der Waals surface area contributed by atoms with Gasteiger partial charge in [0.1, 0.15) is 5.00 Å². The molecule has 0 fully saturated rings. The second kappa shape index (κ2) is 8.34. The quantitative estimate of drug-likeness (QED) is 0.744. The summed E-state index contributed by atoms with van der Waals surface area (Å²) in [6.45, 7) is 1.55. The van der Waals surface area contributed by atoms with E-state index in [4.69, 9.17) is 0 Å². The van der Waals surface area contributed by atoms with Gasteiger partial charge in [-0.25, -0.2) is 13.2 Å². The first-order valence-corrected chi connectivity index (χ1v) is 11.4. The first-order valence-electron chi connectivity index (χ1n) is 8.94. The summed E-state index contributed by atoms with van der Waals surface area (Å²) in [5.41, 5.74) is 1.36. The largest absolute Gasteiger partial charge is 0.453 e. The third-order valence-electron chi connectivity index (χ3n) is 4.63. The molecule has 2 aromatic rings. The molecule has 2 N–H and O–H groups in total. The van der Waals surface area contributed by atoms with E-state index < -0.39 is 27.7 Å². The molecule has 0 saturated carbocycles. The lowest BCUT2D eigenvalue weighted by Crippen LogP contribution is -2.31. The van der Waals surface area contributed by atoms with Gasteiger partial charge >= 0.3 is 6.09 Å². The second-order valence-corrected chi connectivity index (χ2v) is 9.77. The lowest BCUT2D eigenvalue weighted by molar-refractivity contribution is 0.0937. The van der Waals surface area contributed by atoms with Gasteiger partial charge in [-0.3, -0.25) is 14.9 Å². The standard InChI is InChI=1S/C19H20N2O6S2/c1-3-29(25,26)12-9-7-11(8-10-12)16(22)20-18-15(17(23)21-19(24)27-2)13-5-4-6-14(13)28-18/h7-10H,3-6H2,1-2H3,(H,20,22)(H,21,23,24). The average Bonchev–Trinajstić information content (AvgIpc) is 3.28. The zero-order chi connectivity index (χ0) is 21.2. The number of thiophene rings is 1. The Labute approximate surface area is 172 Å². The van der Waals surface area contributed by atoms with Crippen molar-refractivity contribution in [3.63, 3.8) is 0 Å². The predicted octanol–water partition coefficient (Wildman–Crippen LogP) is 2.78. The molecular formula is C19H20N2O6S2. The zero-order valence-electron chi connectivity index (χ0n) is 15.9. The molecule has 0 aliphatic heterocycles. The molecule has 3 rings (SSSR count). The van der Waals surface area contributed by atoms with Crippen molar-refractivity contribution in [2.75, 3.05) is 18.2 Å². The Morgan fingerprint density at radius 3 is 2.41 bits per heavy atom. The van der Waals surface area contributed by atoms with Crippen molar-refractivity contribution in [2.24, 2.45) is 0 Å². The van der Waals surface area contributed by atoms with Crippen LogP contribution in [0.25, 0.3) is 0 Å². The van der Waals surface area contributed by atoms with Crippen LogP contribution in [0.15, 0.2) is 29.2 Å². The van der Waals surface area contributed by atoms with E-state index >= 15 is 0 Å². The molecule has 0 spiro atoms. The van der Waals surface area contributed by atoms with Crippen LogP contribution in [0.1, 0.15) is 44.5 Å². The molecule has 8 nitrogen and oxygen atoms in total. The van der Waals surface area contributed by atoms with Crippen LogP contribution >= 0.6 is 11.3 Å². The number of rotatable bonds is 5.